The molecule has 1 fully saturated rings. The summed E-state index contributed by atoms with van der Waals surface area (Å²) in [7, 11) is 0. The number of aliphatic hydroxyl groups is 1. The number of hydrogen-bond donors (Lipinski definition) is 1. The Morgan fingerprint density at radius 3 is 1.98 bits per heavy atom. The molecule has 0 aliphatic carbocycles. The van der Waals surface area contributed by atoms with Crippen molar-refractivity contribution in [3.8, 4) is 5.75 Å². The predicted octanol–water partition coefficient (Wildman–Crippen LogP) is 2.70. The fourth-order valence-electron chi connectivity index (χ4n) is 7.02. The number of carbonyl (C=O) groups is 5. The molecule has 0 aromatic heterocycles. The molecule has 2 aliphatic heterocycles. The summed E-state index contributed by atoms with van der Waals surface area (Å²) in [5.41, 5.74) is 5.27. The van der Waals surface area contributed by atoms with E-state index in [4.69, 9.17) is 33.2 Å². The number of aliphatic hydroxyl groups excluding tert-OH is 1. The number of esters is 5. The number of hydrogen-bond acceptors (Lipinski definition) is 14. The molecule has 1 N–H and O–H groups in total. The van der Waals surface area contributed by atoms with Crippen LogP contribution >= 0.6 is 0 Å². The molecule has 0 bridgehead atoms. The van der Waals surface area contributed by atoms with Crippen molar-refractivity contribution in [3.05, 3.63) is 82.4 Å². The molecule has 56 heavy (non-hydrogen) atoms. The van der Waals surface area contributed by atoms with Crippen molar-refractivity contribution >= 4 is 59.4 Å². The monoisotopic (exact) mass is 841 g/mol. The van der Waals surface area contributed by atoms with Gasteiger partial charge in [-0.3, -0.25) is 0 Å². The molecule has 0 saturated carbocycles. The summed E-state index contributed by atoms with van der Waals surface area (Å²) in [6.45, 7) is 11.0. The van der Waals surface area contributed by atoms with Crippen molar-refractivity contribution in [2.45, 2.75) is 98.3 Å². The fourth-order valence-corrected chi connectivity index (χ4v) is 9.74. The third kappa shape index (κ3) is 9.70. The molecule has 2 aliphatic rings. The van der Waals surface area contributed by atoms with Gasteiger partial charge in [-0.05, 0) is 0 Å². The summed E-state index contributed by atoms with van der Waals surface area (Å²) in [6, 6.07) is 17.8. The van der Waals surface area contributed by atoms with E-state index >= 15 is 0 Å². The van der Waals surface area contributed by atoms with Crippen molar-refractivity contribution in [2.75, 3.05) is 24.6 Å². The van der Waals surface area contributed by atoms with Crippen molar-refractivity contribution in [1.29, 1.82) is 0 Å². The van der Waals surface area contributed by atoms with Gasteiger partial charge in [-0.1, -0.05) is 0 Å². The van der Waals surface area contributed by atoms with E-state index in [-0.39, 0.29) is 33.2 Å². The van der Waals surface area contributed by atoms with Gasteiger partial charge in [0.2, 0.25) is 0 Å². The van der Waals surface area contributed by atoms with Crippen LogP contribution in [0, 0.1) is 0 Å². The Morgan fingerprint density at radius 1 is 0.732 bits per heavy atom. The van der Waals surface area contributed by atoms with E-state index in [2.05, 4.69) is 36.9 Å². The van der Waals surface area contributed by atoms with Crippen molar-refractivity contribution in [3.63, 3.8) is 0 Å². The Labute approximate surface area is 331 Å². The molecule has 3 aromatic carbocycles. The Hall–Kier alpha value is -4.95. The van der Waals surface area contributed by atoms with E-state index in [1.807, 2.05) is 30.3 Å². The van der Waals surface area contributed by atoms with E-state index in [1.54, 1.807) is 6.07 Å². The standard InChI is InChI=1S/C41H47NO13Se/c1-8-42(9-2)28-14-15-30-35(18-28)56-40-31(36(30)29-13-11-10-12-27(29)20-49-22(3)44)16-17-33(32(40)19-43)54-41-39(53-26(7)48)38(52-25(6)47)37(51-24(5)46)34(55-41)21-50-23(4)45/h10-18,34,36-39,41,43H,8-9,19-21H2,1-7H3/t34-,36?,37+,38+,39-,41?/m1/s1. The van der Waals surface area contributed by atoms with Crippen molar-refractivity contribution < 1.29 is 62.2 Å². The van der Waals surface area contributed by atoms with Gasteiger partial charge in [-0.2, -0.15) is 0 Å². The van der Waals surface area contributed by atoms with Crippen LogP contribution in [-0.4, -0.2) is 100 Å². The van der Waals surface area contributed by atoms with Crippen LogP contribution in [0.3, 0.4) is 0 Å². The predicted molar refractivity (Wildman–Crippen MR) is 203 cm³/mol. The number of benzene rings is 3. The molecule has 2 unspecified atom stereocenters. The number of nitrogens with zero attached hydrogens (tertiary/aromatic N) is 1. The minimum atomic E-state index is -1.49. The van der Waals surface area contributed by atoms with Crippen LogP contribution in [0.1, 0.15) is 82.2 Å². The first-order valence-corrected chi connectivity index (χ1v) is 20.0. The van der Waals surface area contributed by atoms with Crippen LogP contribution in [0.25, 0.3) is 0 Å². The Morgan fingerprint density at radius 2 is 1.36 bits per heavy atom. The summed E-state index contributed by atoms with van der Waals surface area (Å²) in [5, 5.41) is 11.1. The van der Waals surface area contributed by atoms with Crippen molar-refractivity contribution in [1.82, 2.24) is 0 Å². The Bertz CT molecular complexity index is 1950. The van der Waals surface area contributed by atoms with Crippen molar-refractivity contribution in [2.24, 2.45) is 0 Å². The number of anilines is 1. The maximum absolute atomic E-state index is 12.5. The van der Waals surface area contributed by atoms with E-state index < -0.39 is 73.8 Å². The first-order valence-electron chi connectivity index (χ1n) is 18.3. The molecule has 0 radical (unpaired) electrons. The van der Waals surface area contributed by atoms with Gasteiger partial charge in [-0.15, -0.1) is 0 Å². The normalized spacial score (nSPS) is 21.1. The summed E-state index contributed by atoms with van der Waals surface area (Å²) >= 11 is -0.353. The fraction of sp³-hybridized carbons (Fsp3) is 0.439. The number of carbonyl (C=O) groups excluding carboxylic acids is 5. The molecule has 14 nitrogen and oxygen atoms in total. The second-order valence-corrected chi connectivity index (χ2v) is 15.4. The number of fused-ring (bicyclic) bond motifs is 2. The maximum atomic E-state index is 12.5. The van der Waals surface area contributed by atoms with Gasteiger partial charge < -0.3 is 0 Å². The van der Waals surface area contributed by atoms with Gasteiger partial charge in [0.15, 0.2) is 0 Å². The van der Waals surface area contributed by atoms with Gasteiger partial charge in [0.05, 0.1) is 0 Å². The number of rotatable bonds is 14. The topological polar surface area (TPSA) is 173 Å². The quantitative estimate of drug-likeness (QED) is 0.112. The van der Waals surface area contributed by atoms with Crippen LogP contribution < -0.4 is 18.6 Å². The second-order valence-electron chi connectivity index (χ2n) is 13.2. The Balaban J connectivity index is 1.65. The van der Waals surface area contributed by atoms with Crippen LogP contribution in [0.5, 0.6) is 5.75 Å². The molecule has 6 atom stereocenters. The van der Waals surface area contributed by atoms with E-state index in [1.165, 1.54) is 13.8 Å². The summed E-state index contributed by atoms with van der Waals surface area (Å²) in [5.74, 6) is -3.45. The van der Waals surface area contributed by atoms with Gasteiger partial charge >= 0.3 is 333 Å². The Kier molecular flexibility index (Phi) is 14.2. The summed E-state index contributed by atoms with van der Waals surface area (Å²) < 4.78 is 42.1. The van der Waals surface area contributed by atoms with E-state index in [9.17, 15) is 29.1 Å². The molecule has 15 heteroatoms. The van der Waals surface area contributed by atoms with Crippen LogP contribution in [0.2, 0.25) is 0 Å². The molecule has 3 aromatic rings. The third-order valence-electron chi connectivity index (χ3n) is 9.35. The van der Waals surface area contributed by atoms with Gasteiger partial charge in [-0.25, -0.2) is 0 Å². The van der Waals surface area contributed by atoms with E-state index in [0.717, 1.165) is 70.7 Å². The third-order valence-corrected chi connectivity index (χ3v) is 12.0. The molecule has 1 saturated heterocycles. The van der Waals surface area contributed by atoms with E-state index in [0.29, 0.717) is 5.56 Å². The number of ether oxygens (including phenoxy) is 7. The zero-order valence-electron chi connectivity index (χ0n) is 32.4. The molecule has 5 rings (SSSR count). The second kappa shape index (κ2) is 18.8. The molecule has 300 valence electrons. The molecular formula is C41H47NO13Se. The van der Waals surface area contributed by atoms with Gasteiger partial charge in [0.1, 0.15) is 0 Å². The molecule has 0 amide bonds. The average molecular weight is 841 g/mol. The summed E-state index contributed by atoms with van der Waals surface area (Å²) in [4.78, 5) is 63.1. The first-order chi connectivity index (χ1) is 26.8. The minimum absolute atomic E-state index is 0.0757. The molecule has 0 spiro atoms. The zero-order valence-corrected chi connectivity index (χ0v) is 34.1. The SMILES string of the molecule is CCN(CC)c1ccc2c(c1)[Se]c1c(ccc(OC3O[C@H](COC(C)=O)[C@H](OC(C)=O)[C@H](OC(C)=O)[C@H]3OC(C)=O)c1CO)C2c1ccccc1COC(C)=O. The zero-order chi connectivity index (χ0) is 40.7. The average Bonchev–Trinajstić information content (AvgIpc) is 3.14. The summed E-state index contributed by atoms with van der Waals surface area (Å²) in [6.07, 6.45) is -6.94. The van der Waals surface area contributed by atoms with Gasteiger partial charge in [0.25, 0.3) is 0 Å². The molecular weight excluding hydrogens is 793 g/mol. The first kappa shape index (κ1) is 42.2. The molecule has 2 heterocycles. The van der Waals surface area contributed by atoms with Crippen LogP contribution in [-0.2, 0) is 65.6 Å². The van der Waals surface area contributed by atoms with Gasteiger partial charge in [0, 0.05) is 0 Å². The van der Waals surface area contributed by atoms with Crippen LogP contribution in [0.15, 0.2) is 54.6 Å². The van der Waals surface area contributed by atoms with Crippen LogP contribution in [0.4, 0.5) is 5.69 Å².